The number of ketones is 1. The van der Waals surface area contributed by atoms with Gasteiger partial charge < -0.3 is 10.3 Å². The third-order valence-electron chi connectivity index (χ3n) is 6.29. The molecule has 0 atom stereocenters. The van der Waals surface area contributed by atoms with Crippen LogP contribution in [0.5, 0.6) is 0 Å². The van der Waals surface area contributed by atoms with Crippen molar-refractivity contribution in [3.8, 4) is 11.3 Å². The molecule has 0 saturated heterocycles. The predicted octanol–water partition coefficient (Wildman–Crippen LogP) is 5.08. The summed E-state index contributed by atoms with van der Waals surface area (Å²) < 4.78 is 0. The van der Waals surface area contributed by atoms with Gasteiger partial charge in [-0.25, -0.2) is 9.97 Å². The second-order valence-electron chi connectivity index (χ2n) is 8.74. The number of anilines is 2. The fraction of sp³-hybridized carbons (Fsp3) is 0.111. The maximum atomic E-state index is 12.8. The Morgan fingerprint density at radius 3 is 2.69 bits per heavy atom. The molecule has 9 heteroatoms. The molecule has 0 aliphatic carbocycles. The van der Waals surface area contributed by atoms with Crippen molar-refractivity contribution >= 4 is 39.2 Å². The third kappa shape index (κ3) is 4.07. The maximum Gasteiger partial charge on any atom is 0.228 e. The summed E-state index contributed by atoms with van der Waals surface area (Å²) in [5.41, 5.74) is 7.78. The highest BCUT2D eigenvalue weighted by Gasteiger charge is 2.14. The zero-order valence-corrected chi connectivity index (χ0v) is 19.7. The van der Waals surface area contributed by atoms with Crippen LogP contribution < -0.4 is 5.32 Å². The van der Waals surface area contributed by atoms with E-state index in [0.717, 1.165) is 55.6 Å². The first-order valence-electron chi connectivity index (χ1n) is 11.5. The smallest absolute Gasteiger partial charge is 0.228 e. The highest BCUT2D eigenvalue weighted by molar-refractivity contribution is 6.01. The first-order valence-corrected chi connectivity index (χ1v) is 11.5. The minimum atomic E-state index is -0.00381. The number of aromatic nitrogens is 7. The molecule has 176 valence electrons. The van der Waals surface area contributed by atoms with Crippen molar-refractivity contribution in [1.82, 2.24) is 35.3 Å². The van der Waals surface area contributed by atoms with Crippen LogP contribution in [0.15, 0.2) is 67.1 Å². The van der Waals surface area contributed by atoms with Gasteiger partial charge in [0.05, 0.1) is 29.3 Å². The SMILES string of the molecule is Cc1nc(Nc2ccc3[nH]ncc3c2)nc(-c2ccc3cc(C(=O)Cc4ccnnc4)[nH]c3c2)c1C. The molecule has 0 amide bonds. The van der Waals surface area contributed by atoms with Crippen LogP contribution in [-0.2, 0) is 6.42 Å². The standard InChI is InChI=1S/C27H22N8O/c1-15-16(2)31-27(32-21-5-6-22-20(10-21)14-30-35-22)34-26(15)19-4-3-18-11-24(33-23(18)12-19)25(36)9-17-7-8-28-29-13-17/h3-8,10-14,33H,9H2,1-2H3,(H,30,35)(H,31,32,34). The minimum Gasteiger partial charge on any atom is -0.352 e. The van der Waals surface area contributed by atoms with Crippen molar-refractivity contribution in [1.29, 1.82) is 0 Å². The number of hydrogen-bond donors (Lipinski definition) is 3. The molecule has 6 aromatic rings. The molecule has 0 spiro atoms. The van der Waals surface area contributed by atoms with Crippen molar-refractivity contribution < 1.29 is 4.79 Å². The number of H-pyrrole nitrogens is 2. The number of carbonyl (C=O) groups is 1. The topological polar surface area (TPSA) is 125 Å². The number of benzene rings is 2. The van der Waals surface area contributed by atoms with E-state index in [4.69, 9.17) is 4.98 Å². The van der Waals surface area contributed by atoms with E-state index in [0.29, 0.717) is 11.6 Å². The fourth-order valence-corrected chi connectivity index (χ4v) is 4.24. The summed E-state index contributed by atoms with van der Waals surface area (Å²) in [5.74, 6) is 0.514. The van der Waals surface area contributed by atoms with Crippen LogP contribution in [0.25, 0.3) is 33.1 Å². The molecular formula is C27H22N8O. The first-order chi connectivity index (χ1) is 17.5. The maximum absolute atomic E-state index is 12.8. The van der Waals surface area contributed by atoms with Gasteiger partial charge >= 0.3 is 0 Å². The van der Waals surface area contributed by atoms with E-state index in [2.05, 4.69) is 35.7 Å². The molecular weight excluding hydrogens is 452 g/mol. The van der Waals surface area contributed by atoms with Gasteiger partial charge in [-0.2, -0.15) is 15.3 Å². The lowest BCUT2D eigenvalue weighted by atomic mass is 10.0. The predicted molar refractivity (Wildman–Crippen MR) is 138 cm³/mol. The Labute approximate surface area is 206 Å². The lowest BCUT2D eigenvalue weighted by Crippen LogP contribution is -2.04. The van der Waals surface area contributed by atoms with Crippen LogP contribution in [0, 0.1) is 13.8 Å². The summed E-state index contributed by atoms with van der Waals surface area (Å²) in [6, 6.07) is 15.7. The normalized spacial score (nSPS) is 11.3. The Hall–Kier alpha value is -4.92. The number of nitrogens with one attached hydrogen (secondary N) is 3. The molecule has 0 aliphatic heterocycles. The lowest BCUT2D eigenvalue weighted by Gasteiger charge is -2.12. The number of carbonyl (C=O) groups excluding carboxylic acids is 1. The molecule has 2 aromatic carbocycles. The molecule has 3 N–H and O–H groups in total. The molecule has 0 fully saturated rings. The molecule has 9 nitrogen and oxygen atoms in total. The van der Waals surface area contributed by atoms with Gasteiger partial charge in [0.1, 0.15) is 0 Å². The van der Waals surface area contributed by atoms with E-state index in [1.165, 1.54) is 0 Å². The molecule has 4 heterocycles. The van der Waals surface area contributed by atoms with Crippen molar-refractivity contribution in [2.24, 2.45) is 0 Å². The van der Waals surface area contributed by atoms with Gasteiger partial charge in [-0.05, 0) is 61.4 Å². The quantitative estimate of drug-likeness (QED) is 0.288. The van der Waals surface area contributed by atoms with Crippen molar-refractivity contribution in [2.75, 3.05) is 5.32 Å². The van der Waals surface area contributed by atoms with Crippen molar-refractivity contribution in [2.45, 2.75) is 20.3 Å². The highest BCUT2D eigenvalue weighted by atomic mass is 16.1. The molecule has 4 aromatic heterocycles. The average molecular weight is 475 g/mol. The van der Waals surface area contributed by atoms with Gasteiger partial charge in [-0.15, -0.1) is 0 Å². The van der Waals surface area contributed by atoms with Gasteiger partial charge in [0, 0.05) is 45.9 Å². The van der Waals surface area contributed by atoms with Gasteiger partial charge in [0.15, 0.2) is 5.78 Å². The first kappa shape index (κ1) is 21.6. The molecule has 0 bridgehead atoms. The second-order valence-corrected chi connectivity index (χ2v) is 8.74. The highest BCUT2D eigenvalue weighted by Crippen LogP contribution is 2.29. The van der Waals surface area contributed by atoms with Gasteiger partial charge in [-0.1, -0.05) is 12.1 Å². The van der Waals surface area contributed by atoms with Crippen LogP contribution >= 0.6 is 0 Å². The molecule has 0 radical (unpaired) electrons. The number of rotatable bonds is 6. The van der Waals surface area contributed by atoms with E-state index in [1.807, 2.05) is 56.3 Å². The van der Waals surface area contributed by atoms with Crippen molar-refractivity contribution in [3.63, 3.8) is 0 Å². The Morgan fingerprint density at radius 1 is 0.917 bits per heavy atom. The van der Waals surface area contributed by atoms with E-state index in [-0.39, 0.29) is 12.2 Å². The molecule has 0 saturated carbocycles. The molecule has 36 heavy (non-hydrogen) atoms. The van der Waals surface area contributed by atoms with E-state index < -0.39 is 0 Å². The number of aromatic amines is 2. The monoisotopic (exact) mass is 474 g/mol. The third-order valence-corrected chi connectivity index (χ3v) is 6.29. The summed E-state index contributed by atoms with van der Waals surface area (Å²) in [4.78, 5) is 25.6. The number of Topliss-reactive ketones (excluding diaryl/α,β-unsaturated/α-hetero) is 1. The number of aryl methyl sites for hydroxylation is 1. The van der Waals surface area contributed by atoms with Crippen LogP contribution in [0.2, 0.25) is 0 Å². The van der Waals surface area contributed by atoms with Crippen molar-refractivity contribution in [3.05, 3.63) is 89.6 Å². The van der Waals surface area contributed by atoms with E-state index in [9.17, 15) is 4.79 Å². The summed E-state index contributed by atoms with van der Waals surface area (Å²) in [7, 11) is 0. The summed E-state index contributed by atoms with van der Waals surface area (Å²) in [6.07, 6.45) is 5.24. The van der Waals surface area contributed by atoms with Gasteiger partial charge in [-0.3, -0.25) is 9.89 Å². The molecule has 6 rings (SSSR count). The lowest BCUT2D eigenvalue weighted by molar-refractivity contribution is 0.0989. The molecule has 0 unspecified atom stereocenters. The Bertz CT molecular complexity index is 1740. The zero-order chi connectivity index (χ0) is 24.6. The van der Waals surface area contributed by atoms with Gasteiger partial charge in [0.2, 0.25) is 5.95 Å². The van der Waals surface area contributed by atoms with Crippen LogP contribution in [-0.4, -0.2) is 41.1 Å². The Balaban J connectivity index is 1.31. The Morgan fingerprint density at radius 2 is 1.83 bits per heavy atom. The van der Waals surface area contributed by atoms with Crippen LogP contribution in [0.3, 0.4) is 0 Å². The minimum absolute atomic E-state index is 0.00381. The number of hydrogen-bond acceptors (Lipinski definition) is 7. The second kappa shape index (κ2) is 8.70. The fourth-order valence-electron chi connectivity index (χ4n) is 4.24. The summed E-state index contributed by atoms with van der Waals surface area (Å²) >= 11 is 0. The van der Waals surface area contributed by atoms with Crippen LogP contribution in [0.1, 0.15) is 27.3 Å². The van der Waals surface area contributed by atoms with E-state index in [1.54, 1.807) is 24.7 Å². The van der Waals surface area contributed by atoms with Gasteiger partial charge in [0.25, 0.3) is 0 Å². The molecule has 0 aliphatic rings. The average Bonchev–Trinajstić information content (AvgIpc) is 3.53. The van der Waals surface area contributed by atoms with E-state index >= 15 is 0 Å². The number of fused-ring (bicyclic) bond motifs is 2. The largest absolute Gasteiger partial charge is 0.352 e. The summed E-state index contributed by atoms with van der Waals surface area (Å²) in [6.45, 7) is 3.99. The van der Waals surface area contributed by atoms with Crippen LogP contribution in [0.4, 0.5) is 11.6 Å². The number of nitrogens with zero attached hydrogens (tertiary/aromatic N) is 5. The Kier molecular flexibility index (Phi) is 5.22. The summed E-state index contributed by atoms with van der Waals surface area (Å²) in [5, 5.41) is 19.9. The zero-order valence-electron chi connectivity index (χ0n) is 19.7.